The number of hydrogen-bond acceptors (Lipinski definition) is 5. The second kappa shape index (κ2) is 6.61. The number of aromatic amines is 1. The Kier molecular flexibility index (Phi) is 4.38. The molecule has 2 N–H and O–H groups in total. The van der Waals surface area contributed by atoms with Crippen molar-refractivity contribution in [1.29, 1.82) is 0 Å². The molecule has 1 amide bonds. The fourth-order valence-electron chi connectivity index (χ4n) is 1.87. The lowest BCUT2D eigenvalue weighted by molar-refractivity contribution is -0.118. The number of nitrogens with zero attached hydrogens (tertiary/aromatic N) is 3. The summed E-state index contributed by atoms with van der Waals surface area (Å²) < 4.78 is 14.4. The summed E-state index contributed by atoms with van der Waals surface area (Å²) in [5, 5.41) is 11.0. The second-order valence-corrected chi connectivity index (χ2v) is 5.62. The highest BCUT2D eigenvalue weighted by molar-refractivity contribution is 7.99. The van der Waals surface area contributed by atoms with Gasteiger partial charge in [-0.3, -0.25) is 19.0 Å². The number of thioether (sulfide) groups is 1. The molecule has 3 aromatic rings. The zero-order chi connectivity index (χ0) is 16.2. The van der Waals surface area contributed by atoms with Crippen molar-refractivity contribution in [3.8, 4) is 0 Å². The minimum Gasteiger partial charge on any atom is -0.351 e. The van der Waals surface area contributed by atoms with Gasteiger partial charge in [0.2, 0.25) is 11.7 Å². The fourth-order valence-corrected chi connectivity index (χ4v) is 2.62. The maximum absolute atomic E-state index is 12.8. The highest BCUT2D eigenvalue weighted by Crippen LogP contribution is 2.14. The van der Waals surface area contributed by atoms with Gasteiger partial charge in [-0.15, -0.1) is 10.2 Å². The van der Waals surface area contributed by atoms with Gasteiger partial charge < -0.3 is 5.32 Å². The molecule has 0 bridgehead atoms. The van der Waals surface area contributed by atoms with Gasteiger partial charge >= 0.3 is 0 Å². The number of halogens is 1. The molecule has 1 aromatic carbocycles. The van der Waals surface area contributed by atoms with Crippen molar-refractivity contribution in [2.45, 2.75) is 11.7 Å². The van der Waals surface area contributed by atoms with Gasteiger partial charge in [0.1, 0.15) is 5.82 Å². The van der Waals surface area contributed by atoms with E-state index in [4.69, 9.17) is 0 Å². The maximum atomic E-state index is 12.8. The lowest BCUT2D eigenvalue weighted by atomic mass is 10.2. The highest BCUT2D eigenvalue weighted by Gasteiger charge is 2.09. The largest absolute Gasteiger partial charge is 0.351 e. The van der Waals surface area contributed by atoms with Crippen LogP contribution in [0.15, 0.2) is 46.5 Å². The van der Waals surface area contributed by atoms with E-state index in [1.807, 2.05) is 0 Å². The van der Waals surface area contributed by atoms with Gasteiger partial charge in [-0.1, -0.05) is 23.9 Å². The fraction of sp³-hybridized carbons (Fsp3) is 0.143. The summed E-state index contributed by atoms with van der Waals surface area (Å²) in [5.41, 5.74) is 0.550. The molecule has 2 heterocycles. The topological polar surface area (TPSA) is 92.2 Å². The van der Waals surface area contributed by atoms with Gasteiger partial charge in [-0.05, 0) is 17.7 Å². The molecule has 7 nitrogen and oxygen atoms in total. The van der Waals surface area contributed by atoms with Gasteiger partial charge in [0.25, 0.3) is 5.56 Å². The summed E-state index contributed by atoms with van der Waals surface area (Å²) in [6, 6.07) is 7.28. The van der Waals surface area contributed by atoms with Crippen LogP contribution in [-0.4, -0.2) is 31.2 Å². The molecule has 118 valence electrons. The molecule has 23 heavy (non-hydrogen) atoms. The molecular formula is C14H12FN5O2S. The van der Waals surface area contributed by atoms with Gasteiger partial charge in [0.05, 0.1) is 5.75 Å². The Labute approximate surface area is 133 Å². The number of H-pyrrole nitrogens is 1. The van der Waals surface area contributed by atoms with E-state index in [9.17, 15) is 14.0 Å². The Morgan fingerprint density at radius 1 is 1.26 bits per heavy atom. The number of aromatic nitrogens is 4. The van der Waals surface area contributed by atoms with E-state index in [-0.39, 0.29) is 23.0 Å². The number of hydrogen-bond donors (Lipinski definition) is 2. The average Bonchev–Trinajstić information content (AvgIpc) is 2.94. The van der Waals surface area contributed by atoms with Crippen LogP contribution in [0.3, 0.4) is 0 Å². The third-order valence-corrected chi connectivity index (χ3v) is 3.95. The molecule has 0 unspecified atom stereocenters. The average molecular weight is 333 g/mol. The van der Waals surface area contributed by atoms with Crippen LogP contribution in [0.2, 0.25) is 0 Å². The van der Waals surface area contributed by atoms with Crippen LogP contribution in [0.25, 0.3) is 5.78 Å². The van der Waals surface area contributed by atoms with Gasteiger partial charge in [0, 0.05) is 18.8 Å². The normalized spacial score (nSPS) is 10.8. The van der Waals surface area contributed by atoms with E-state index in [2.05, 4.69) is 20.5 Å². The third kappa shape index (κ3) is 3.75. The van der Waals surface area contributed by atoms with Crippen LogP contribution in [0.4, 0.5) is 4.39 Å². The number of amides is 1. The van der Waals surface area contributed by atoms with Crippen LogP contribution < -0.4 is 10.9 Å². The molecule has 0 radical (unpaired) electrons. The monoisotopic (exact) mass is 333 g/mol. The van der Waals surface area contributed by atoms with Crippen molar-refractivity contribution in [2.24, 2.45) is 0 Å². The van der Waals surface area contributed by atoms with E-state index < -0.39 is 0 Å². The molecule has 0 fully saturated rings. The summed E-state index contributed by atoms with van der Waals surface area (Å²) in [6.45, 7) is 0.327. The van der Waals surface area contributed by atoms with Crippen LogP contribution in [0.1, 0.15) is 5.56 Å². The summed E-state index contributed by atoms with van der Waals surface area (Å²) in [6.07, 6.45) is 1.55. The molecule has 0 spiro atoms. The molecule has 0 aliphatic rings. The van der Waals surface area contributed by atoms with E-state index in [1.165, 1.54) is 30.0 Å². The third-order valence-electron chi connectivity index (χ3n) is 3.01. The molecule has 0 aliphatic carbocycles. The predicted octanol–water partition coefficient (Wildman–Crippen LogP) is 0.965. The van der Waals surface area contributed by atoms with Gasteiger partial charge in [-0.25, -0.2) is 4.39 Å². The molecule has 9 heteroatoms. The van der Waals surface area contributed by atoms with Crippen LogP contribution in [-0.2, 0) is 11.3 Å². The minimum absolute atomic E-state index is 0.154. The van der Waals surface area contributed by atoms with Crippen molar-refractivity contribution >= 4 is 23.4 Å². The first-order chi connectivity index (χ1) is 11.1. The number of carbonyl (C=O) groups excluding carboxylic acids is 1. The van der Waals surface area contributed by atoms with Crippen molar-refractivity contribution in [2.75, 3.05) is 5.75 Å². The minimum atomic E-state index is -0.313. The lowest BCUT2D eigenvalue weighted by Crippen LogP contribution is -2.24. The van der Waals surface area contributed by atoms with Crippen molar-refractivity contribution < 1.29 is 9.18 Å². The lowest BCUT2D eigenvalue weighted by Gasteiger charge is -2.04. The van der Waals surface area contributed by atoms with Gasteiger partial charge in [0.15, 0.2) is 5.16 Å². The Hall–Kier alpha value is -2.68. The molecular weight excluding hydrogens is 321 g/mol. The molecule has 3 rings (SSSR count). The van der Waals surface area contributed by atoms with Crippen molar-refractivity contribution in [3.63, 3.8) is 0 Å². The van der Waals surface area contributed by atoms with E-state index >= 15 is 0 Å². The SMILES string of the molecule is O=C(CSc1nnc2[nH]c(=O)ccn12)NCc1ccc(F)cc1. The van der Waals surface area contributed by atoms with Crippen molar-refractivity contribution in [1.82, 2.24) is 24.9 Å². The van der Waals surface area contributed by atoms with E-state index in [0.717, 1.165) is 5.56 Å². The molecule has 0 saturated heterocycles. The standard InChI is InChI=1S/C14H12FN5O2S/c15-10-3-1-9(2-4-10)7-16-12(22)8-23-14-19-18-13-17-11(21)5-6-20(13)14/h1-6H,7-8H2,(H,16,22)(H,17,18,21). The molecule has 2 aromatic heterocycles. The quantitative estimate of drug-likeness (QED) is 0.679. The zero-order valence-corrected chi connectivity index (χ0v) is 12.6. The number of fused-ring (bicyclic) bond motifs is 1. The Morgan fingerprint density at radius 2 is 2.04 bits per heavy atom. The first-order valence-corrected chi connectivity index (χ1v) is 7.68. The second-order valence-electron chi connectivity index (χ2n) is 4.67. The number of benzene rings is 1. The number of rotatable bonds is 5. The summed E-state index contributed by atoms with van der Waals surface area (Å²) >= 11 is 1.20. The molecule has 0 aliphatic heterocycles. The Bertz CT molecular complexity index is 890. The van der Waals surface area contributed by atoms with E-state index in [0.29, 0.717) is 17.5 Å². The maximum Gasteiger partial charge on any atom is 0.252 e. The zero-order valence-electron chi connectivity index (χ0n) is 11.8. The summed E-state index contributed by atoms with van der Waals surface area (Å²) in [7, 11) is 0. The highest BCUT2D eigenvalue weighted by atomic mass is 32.2. The molecule has 0 atom stereocenters. The first-order valence-electron chi connectivity index (χ1n) is 6.70. The van der Waals surface area contributed by atoms with Crippen LogP contribution >= 0.6 is 11.8 Å². The summed E-state index contributed by atoms with van der Waals surface area (Å²) in [4.78, 5) is 25.6. The van der Waals surface area contributed by atoms with Crippen LogP contribution in [0, 0.1) is 5.82 Å². The predicted molar refractivity (Wildman–Crippen MR) is 82.6 cm³/mol. The van der Waals surface area contributed by atoms with Crippen molar-refractivity contribution in [3.05, 3.63) is 58.3 Å². The van der Waals surface area contributed by atoms with E-state index in [1.54, 1.807) is 22.7 Å². The smallest absolute Gasteiger partial charge is 0.252 e. The summed E-state index contributed by atoms with van der Waals surface area (Å²) in [5.74, 6) is -0.0132. The molecule has 0 saturated carbocycles. The number of nitrogens with one attached hydrogen (secondary N) is 2. The first kappa shape index (κ1) is 15.2. The Morgan fingerprint density at radius 3 is 2.83 bits per heavy atom. The Balaban J connectivity index is 1.55. The van der Waals surface area contributed by atoms with Gasteiger partial charge in [-0.2, -0.15) is 0 Å². The number of carbonyl (C=O) groups is 1. The van der Waals surface area contributed by atoms with Crippen LogP contribution in [0.5, 0.6) is 0 Å².